The standard InChI is InChI=1S/C24H21BrN4O3/c1-15-11-16(2)29(24(32)21(15)12-26)14-22(30)28-20-9-5-18(6-10-20)23(31)27-13-17-3-7-19(25)8-4-17/h3-11H,13-14H2,1-2H3,(H,27,31)(H,28,30). The molecule has 0 fully saturated rings. The SMILES string of the molecule is Cc1cc(C)n(CC(=O)Nc2ccc(C(=O)NCc3ccc(Br)cc3)cc2)c(=O)c1C#N. The van der Waals surface area contributed by atoms with Gasteiger partial charge in [0.25, 0.3) is 11.5 Å². The van der Waals surface area contributed by atoms with Gasteiger partial charge in [-0.1, -0.05) is 28.1 Å². The van der Waals surface area contributed by atoms with Gasteiger partial charge in [0, 0.05) is 28.0 Å². The Bertz CT molecular complexity index is 1260. The smallest absolute Gasteiger partial charge is 0.269 e. The van der Waals surface area contributed by atoms with Gasteiger partial charge >= 0.3 is 0 Å². The molecule has 3 aromatic rings. The zero-order chi connectivity index (χ0) is 23.3. The van der Waals surface area contributed by atoms with E-state index in [0.29, 0.717) is 29.1 Å². The van der Waals surface area contributed by atoms with Gasteiger partial charge in [-0.15, -0.1) is 0 Å². The van der Waals surface area contributed by atoms with E-state index in [2.05, 4.69) is 26.6 Å². The summed E-state index contributed by atoms with van der Waals surface area (Å²) in [5.74, 6) is -0.632. The first-order valence-electron chi connectivity index (χ1n) is 9.82. The first-order chi connectivity index (χ1) is 15.3. The average Bonchev–Trinajstić information content (AvgIpc) is 2.77. The third-order valence-corrected chi connectivity index (χ3v) is 5.44. The number of carbonyl (C=O) groups is 2. The second-order valence-corrected chi connectivity index (χ2v) is 8.20. The molecule has 0 unspecified atom stereocenters. The highest BCUT2D eigenvalue weighted by molar-refractivity contribution is 9.10. The molecule has 0 spiro atoms. The molecule has 3 rings (SSSR count). The zero-order valence-electron chi connectivity index (χ0n) is 17.6. The molecule has 0 aliphatic carbocycles. The number of halogens is 1. The molecule has 0 bridgehead atoms. The minimum atomic E-state index is -0.488. The Kier molecular flexibility index (Phi) is 7.23. The molecule has 0 radical (unpaired) electrons. The molecule has 0 saturated heterocycles. The number of nitriles is 1. The number of pyridine rings is 1. The number of hydrogen-bond acceptors (Lipinski definition) is 4. The molecule has 0 aliphatic rings. The fourth-order valence-corrected chi connectivity index (χ4v) is 3.46. The quantitative estimate of drug-likeness (QED) is 0.547. The normalized spacial score (nSPS) is 10.3. The predicted octanol–water partition coefficient (Wildman–Crippen LogP) is 3.67. The van der Waals surface area contributed by atoms with Crippen molar-refractivity contribution in [1.82, 2.24) is 9.88 Å². The average molecular weight is 493 g/mol. The van der Waals surface area contributed by atoms with E-state index in [-0.39, 0.29) is 18.0 Å². The summed E-state index contributed by atoms with van der Waals surface area (Å²) in [5.41, 5.74) is 2.66. The highest BCUT2D eigenvalue weighted by Gasteiger charge is 2.13. The highest BCUT2D eigenvalue weighted by atomic mass is 79.9. The van der Waals surface area contributed by atoms with E-state index in [1.165, 1.54) is 4.57 Å². The molecule has 2 amide bonds. The van der Waals surface area contributed by atoms with Crippen molar-refractivity contribution in [2.75, 3.05) is 5.32 Å². The minimum Gasteiger partial charge on any atom is -0.348 e. The van der Waals surface area contributed by atoms with Crippen LogP contribution in [0.5, 0.6) is 0 Å². The van der Waals surface area contributed by atoms with Crippen LogP contribution in [0, 0.1) is 25.2 Å². The van der Waals surface area contributed by atoms with Crippen molar-refractivity contribution in [2.45, 2.75) is 26.9 Å². The number of amides is 2. The van der Waals surface area contributed by atoms with E-state index in [4.69, 9.17) is 0 Å². The number of nitrogens with zero attached hydrogens (tertiary/aromatic N) is 2. The molecule has 0 saturated carbocycles. The number of aryl methyl sites for hydroxylation is 2. The van der Waals surface area contributed by atoms with Gasteiger partial charge in [0.1, 0.15) is 18.2 Å². The van der Waals surface area contributed by atoms with Crippen LogP contribution in [0.3, 0.4) is 0 Å². The molecule has 8 heteroatoms. The van der Waals surface area contributed by atoms with Gasteiger partial charge < -0.3 is 15.2 Å². The molecule has 7 nitrogen and oxygen atoms in total. The van der Waals surface area contributed by atoms with Crippen LogP contribution >= 0.6 is 15.9 Å². The summed E-state index contributed by atoms with van der Waals surface area (Å²) < 4.78 is 2.24. The maximum atomic E-state index is 12.4. The summed E-state index contributed by atoms with van der Waals surface area (Å²) in [7, 11) is 0. The predicted molar refractivity (Wildman–Crippen MR) is 125 cm³/mol. The molecule has 0 atom stereocenters. The van der Waals surface area contributed by atoms with Crippen LogP contribution in [0.4, 0.5) is 5.69 Å². The van der Waals surface area contributed by atoms with Crippen LogP contribution in [0.25, 0.3) is 0 Å². The number of aromatic nitrogens is 1. The maximum Gasteiger partial charge on any atom is 0.269 e. The first kappa shape index (κ1) is 23.0. The lowest BCUT2D eigenvalue weighted by molar-refractivity contribution is -0.116. The molecular formula is C24H21BrN4O3. The van der Waals surface area contributed by atoms with Crippen molar-refractivity contribution in [3.05, 3.63) is 97.4 Å². The van der Waals surface area contributed by atoms with Gasteiger partial charge in [-0.2, -0.15) is 5.26 Å². The van der Waals surface area contributed by atoms with Crippen molar-refractivity contribution in [2.24, 2.45) is 0 Å². The Hall–Kier alpha value is -3.70. The molecule has 32 heavy (non-hydrogen) atoms. The van der Waals surface area contributed by atoms with Crippen LogP contribution in [0.15, 0.2) is 63.9 Å². The summed E-state index contributed by atoms with van der Waals surface area (Å²) in [5, 5.41) is 14.7. The number of carbonyl (C=O) groups excluding carboxylic acids is 2. The second-order valence-electron chi connectivity index (χ2n) is 7.28. The lowest BCUT2D eigenvalue weighted by atomic mass is 10.1. The summed E-state index contributed by atoms with van der Waals surface area (Å²) in [4.78, 5) is 37.2. The van der Waals surface area contributed by atoms with Gasteiger partial charge in [0.05, 0.1) is 0 Å². The Labute approximate surface area is 193 Å². The van der Waals surface area contributed by atoms with E-state index >= 15 is 0 Å². The Morgan fingerprint density at radius 2 is 1.72 bits per heavy atom. The lowest BCUT2D eigenvalue weighted by Gasteiger charge is -2.12. The van der Waals surface area contributed by atoms with E-state index in [9.17, 15) is 19.6 Å². The molecule has 2 aromatic carbocycles. The summed E-state index contributed by atoms with van der Waals surface area (Å²) in [6.07, 6.45) is 0. The van der Waals surface area contributed by atoms with Crippen molar-refractivity contribution in [3.63, 3.8) is 0 Å². The third kappa shape index (κ3) is 5.50. The van der Waals surface area contributed by atoms with E-state index in [1.54, 1.807) is 44.2 Å². The van der Waals surface area contributed by atoms with Gasteiger partial charge in [0.15, 0.2) is 0 Å². The monoisotopic (exact) mass is 492 g/mol. The van der Waals surface area contributed by atoms with E-state index in [1.807, 2.05) is 30.3 Å². The lowest BCUT2D eigenvalue weighted by Crippen LogP contribution is -2.31. The number of nitrogens with one attached hydrogen (secondary N) is 2. The second kappa shape index (κ2) is 10.1. The van der Waals surface area contributed by atoms with Crippen LogP contribution in [0.1, 0.15) is 32.7 Å². The summed E-state index contributed by atoms with van der Waals surface area (Å²) in [6.45, 7) is 3.59. The number of benzene rings is 2. The van der Waals surface area contributed by atoms with Gasteiger partial charge in [-0.25, -0.2) is 0 Å². The van der Waals surface area contributed by atoms with Crippen LogP contribution in [-0.2, 0) is 17.9 Å². The summed E-state index contributed by atoms with van der Waals surface area (Å²) >= 11 is 3.37. The maximum absolute atomic E-state index is 12.4. The minimum absolute atomic E-state index is 0.0295. The van der Waals surface area contributed by atoms with E-state index < -0.39 is 11.5 Å². The van der Waals surface area contributed by atoms with Crippen molar-refractivity contribution < 1.29 is 9.59 Å². The molecule has 1 heterocycles. The molecule has 0 aliphatic heterocycles. The molecular weight excluding hydrogens is 472 g/mol. The Balaban J connectivity index is 1.61. The van der Waals surface area contributed by atoms with Gasteiger partial charge in [0.2, 0.25) is 5.91 Å². The Morgan fingerprint density at radius 1 is 1.06 bits per heavy atom. The molecule has 2 N–H and O–H groups in total. The number of hydrogen-bond donors (Lipinski definition) is 2. The highest BCUT2D eigenvalue weighted by Crippen LogP contribution is 2.12. The number of anilines is 1. The van der Waals surface area contributed by atoms with Crippen molar-refractivity contribution in [3.8, 4) is 6.07 Å². The number of rotatable bonds is 6. The van der Waals surface area contributed by atoms with Gasteiger partial charge in [-0.3, -0.25) is 14.4 Å². The third-order valence-electron chi connectivity index (χ3n) is 4.92. The first-order valence-corrected chi connectivity index (χ1v) is 10.6. The molecule has 1 aromatic heterocycles. The van der Waals surface area contributed by atoms with Crippen LogP contribution < -0.4 is 16.2 Å². The fraction of sp³-hybridized carbons (Fsp3) is 0.167. The summed E-state index contributed by atoms with van der Waals surface area (Å²) in [6, 6.07) is 17.7. The molecule has 162 valence electrons. The fourth-order valence-electron chi connectivity index (χ4n) is 3.20. The van der Waals surface area contributed by atoms with E-state index in [0.717, 1.165) is 10.0 Å². The van der Waals surface area contributed by atoms with Crippen LogP contribution in [-0.4, -0.2) is 16.4 Å². The van der Waals surface area contributed by atoms with Crippen molar-refractivity contribution in [1.29, 1.82) is 5.26 Å². The zero-order valence-corrected chi connectivity index (χ0v) is 19.2. The largest absolute Gasteiger partial charge is 0.348 e. The Morgan fingerprint density at radius 3 is 2.34 bits per heavy atom. The van der Waals surface area contributed by atoms with Crippen molar-refractivity contribution >= 4 is 33.4 Å². The van der Waals surface area contributed by atoms with Gasteiger partial charge in [-0.05, 0) is 67.4 Å². The topological polar surface area (TPSA) is 104 Å². The van der Waals surface area contributed by atoms with Crippen LogP contribution in [0.2, 0.25) is 0 Å².